The highest BCUT2D eigenvalue weighted by molar-refractivity contribution is 5.89. The lowest BCUT2D eigenvalue weighted by molar-refractivity contribution is -0.137. The van der Waals surface area contributed by atoms with E-state index < -0.39 is 23.3 Å². The molecule has 1 aromatic rings. The number of nitrogens with zero attached hydrogens (tertiary/aromatic N) is 1. The van der Waals surface area contributed by atoms with Gasteiger partial charge in [0, 0.05) is 18.8 Å². The van der Waals surface area contributed by atoms with Gasteiger partial charge in [0.05, 0.1) is 17.2 Å². The zero-order chi connectivity index (χ0) is 16.8. The molecule has 0 spiro atoms. The van der Waals surface area contributed by atoms with Crippen molar-refractivity contribution in [3.8, 4) is 6.07 Å². The molecule has 1 rings (SSSR count). The summed E-state index contributed by atoms with van der Waals surface area (Å²) in [5, 5.41) is 22.2. The highest BCUT2D eigenvalue weighted by Gasteiger charge is 2.33. The average molecular weight is 315 g/mol. The van der Waals surface area contributed by atoms with E-state index in [1.165, 1.54) is 12.1 Å². The van der Waals surface area contributed by atoms with E-state index >= 15 is 0 Å². The molecule has 3 N–H and O–H groups in total. The lowest BCUT2D eigenvalue weighted by Crippen LogP contribution is -2.32. The summed E-state index contributed by atoms with van der Waals surface area (Å²) in [6, 6.07) is 3.77. The number of nitriles is 1. The number of urea groups is 1. The number of nitrogens with one attached hydrogen (secondary N) is 2. The topological polar surface area (TPSA) is 85.2 Å². The van der Waals surface area contributed by atoms with Crippen LogP contribution in [0, 0.1) is 17.2 Å². The zero-order valence-corrected chi connectivity index (χ0v) is 11.9. The van der Waals surface area contributed by atoms with Crippen LogP contribution in [0.5, 0.6) is 0 Å². The maximum absolute atomic E-state index is 12.8. The van der Waals surface area contributed by atoms with Crippen molar-refractivity contribution < 1.29 is 23.1 Å². The molecule has 22 heavy (non-hydrogen) atoms. The summed E-state index contributed by atoms with van der Waals surface area (Å²) in [5.74, 6) is 0.0439. The van der Waals surface area contributed by atoms with Crippen molar-refractivity contribution in [1.29, 1.82) is 5.26 Å². The fraction of sp³-hybridized carbons (Fsp3) is 0.429. The van der Waals surface area contributed by atoms with Gasteiger partial charge in [-0.3, -0.25) is 0 Å². The first-order valence-corrected chi connectivity index (χ1v) is 6.55. The van der Waals surface area contributed by atoms with Crippen LogP contribution < -0.4 is 10.6 Å². The molecule has 0 radical (unpaired) electrons. The van der Waals surface area contributed by atoms with E-state index in [4.69, 9.17) is 10.4 Å². The van der Waals surface area contributed by atoms with Crippen molar-refractivity contribution in [1.82, 2.24) is 5.32 Å². The Morgan fingerprint density at radius 1 is 1.45 bits per heavy atom. The normalized spacial score (nSPS) is 12.4. The van der Waals surface area contributed by atoms with Crippen molar-refractivity contribution in [2.45, 2.75) is 19.5 Å². The van der Waals surface area contributed by atoms with Crippen LogP contribution >= 0.6 is 0 Å². The molecule has 1 aromatic carbocycles. The number of amides is 2. The monoisotopic (exact) mass is 315 g/mol. The molecule has 2 amide bonds. The van der Waals surface area contributed by atoms with Gasteiger partial charge < -0.3 is 15.7 Å². The Kier molecular flexibility index (Phi) is 6.19. The summed E-state index contributed by atoms with van der Waals surface area (Å²) in [6.07, 6.45) is -4.16. The van der Waals surface area contributed by atoms with Gasteiger partial charge in [-0.25, -0.2) is 4.79 Å². The quantitative estimate of drug-likeness (QED) is 0.781. The van der Waals surface area contributed by atoms with E-state index in [1.54, 1.807) is 0 Å². The van der Waals surface area contributed by atoms with E-state index in [9.17, 15) is 18.0 Å². The summed E-state index contributed by atoms with van der Waals surface area (Å²) in [6.45, 7) is 2.10. The lowest BCUT2D eigenvalue weighted by atomic mass is 10.1. The average Bonchev–Trinajstić information content (AvgIpc) is 2.44. The van der Waals surface area contributed by atoms with Crippen molar-refractivity contribution in [2.75, 3.05) is 18.5 Å². The third kappa shape index (κ3) is 5.26. The molecule has 0 saturated carbocycles. The molecular formula is C14H16F3N3O2. The van der Waals surface area contributed by atoms with E-state index in [0.717, 1.165) is 12.1 Å². The van der Waals surface area contributed by atoms with Gasteiger partial charge in [-0.05, 0) is 30.5 Å². The predicted molar refractivity (Wildman–Crippen MR) is 74.0 cm³/mol. The Morgan fingerprint density at radius 2 is 2.14 bits per heavy atom. The van der Waals surface area contributed by atoms with Crippen LogP contribution in [0.3, 0.4) is 0 Å². The Labute approximate surface area is 125 Å². The van der Waals surface area contributed by atoms with Gasteiger partial charge >= 0.3 is 12.2 Å². The van der Waals surface area contributed by atoms with Crippen LogP contribution in [-0.4, -0.2) is 24.3 Å². The third-order valence-corrected chi connectivity index (χ3v) is 2.94. The Balaban J connectivity index is 2.74. The van der Waals surface area contributed by atoms with Crippen LogP contribution in [0.2, 0.25) is 0 Å². The summed E-state index contributed by atoms with van der Waals surface area (Å²) in [7, 11) is 0. The number of carbonyl (C=O) groups is 1. The molecule has 1 unspecified atom stereocenters. The number of halogens is 3. The Morgan fingerprint density at radius 3 is 2.68 bits per heavy atom. The molecule has 120 valence electrons. The molecule has 0 heterocycles. The molecule has 0 aliphatic rings. The van der Waals surface area contributed by atoms with Gasteiger partial charge in [-0.1, -0.05) is 6.92 Å². The minimum Gasteiger partial charge on any atom is -0.396 e. The van der Waals surface area contributed by atoms with Crippen LogP contribution in [0.15, 0.2) is 18.2 Å². The standard InChI is InChI=1S/C14H16F3N3O2/c1-9(4-5-21)8-19-13(22)20-11-3-2-10(7-18)12(6-11)14(15,16)17/h2-3,6,9,21H,4-5,8H2,1H3,(H2,19,20,22). The molecule has 0 aliphatic heterocycles. The first-order valence-electron chi connectivity index (χ1n) is 6.55. The highest BCUT2D eigenvalue weighted by atomic mass is 19.4. The third-order valence-electron chi connectivity index (χ3n) is 2.94. The van der Waals surface area contributed by atoms with Gasteiger partial charge in [-0.15, -0.1) is 0 Å². The summed E-state index contributed by atoms with van der Waals surface area (Å²) >= 11 is 0. The lowest BCUT2D eigenvalue weighted by Gasteiger charge is -2.14. The number of rotatable bonds is 5. The van der Waals surface area contributed by atoms with Gasteiger partial charge in [0.25, 0.3) is 0 Å². The highest BCUT2D eigenvalue weighted by Crippen LogP contribution is 2.33. The molecule has 0 saturated heterocycles. The second-order valence-corrected chi connectivity index (χ2v) is 4.82. The van der Waals surface area contributed by atoms with Gasteiger partial charge in [-0.2, -0.15) is 18.4 Å². The number of hydrogen-bond donors (Lipinski definition) is 3. The number of aliphatic hydroxyl groups excluding tert-OH is 1. The molecule has 0 fully saturated rings. The summed E-state index contributed by atoms with van der Waals surface area (Å²) in [4.78, 5) is 11.6. The van der Waals surface area contributed by atoms with Gasteiger partial charge in [0.15, 0.2) is 0 Å². The maximum atomic E-state index is 12.8. The largest absolute Gasteiger partial charge is 0.417 e. The molecule has 0 aromatic heterocycles. The molecular weight excluding hydrogens is 299 g/mol. The molecule has 8 heteroatoms. The number of benzene rings is 1. The number of alkyl halides is 3. The first-order chi connectivity index (χ1) is 10.3. The van der Waals surface area contributed by atoms with Crippen LogP contribution in [0.4, 0.5) is 23.7 Å². The van der Waals surface area contributed by atoms with Crippen molar-refractivity contribution in [3.63, 3.8) is 0 Å². The van der Waals surface area contributed by atoms with Crippen LogP contribution in [0.1, 0.15) is 24.5 Å². The summed E-state index contributed by atoms with van der Waals surface area (Å²) in [5.41, 5.74) is -1.66. The van der Waals surface area contributed by atoms with Gasteiger partial charge in [0.2, 0.25) is 0 Å². The van der Waals surface area contributed by atoms with Gasteiger partial charge in [0.1, 0.15) is 0 Å². The first kappa shape index (κ1) is 17.8. The van der Waals surface area contributed by atoms with Crippen LogP contribution in [-0.2, 0) is 6.18 Å². The smallest absolute Gasteiger partial charge is 0.396 e. The minimum absolute atomic E-state index is 0.00493. The fourth-order valence-corrected chi connectivity index (χ4v) is 1.72. The maximum Gasteiger partial charge on any atom is 0.417 e. The SMILES string of the molecule is CC(CCO)CNC(=O)Nc1ccc(C#N)c(C(F)(F)F)c1. The second-order valence-electron chi connectivity index (χ2n) is 4.82. The van der Waals surface area contributed by atoms with Crippen molar-refractivity contribution in [2.24, 2.45) is 5.92 Å². The van der Waals surface area contributed by atoms with Crippen molar-refractivity contribution >= 4 is 11.7 Å². The van der Waals surface area contributed by atoms with E-state index in [2.05, 4.69) is 10.6 Å². The Bertz CT molecular complexity index is 567. The molecule has 0 bridgehead atoms. The van der Waals surface area contributed by atoms with E-state index in [1.807, 2.05) is 6.92 Å². The molecule has 5 nitrogen and oxygen atoms in total. The predicted octanol–water partition coefficient (Wildman–Crippen LogP) is 2.72. The molecule has 0 aliphatic carbocycles. The van der Waals surface area contributed by atoms with Crippen LogP contribution in [0.25, 0.3) is 0 Å². The number of anilines is 1. The fourth-order valence-electron chi connectivity index (χ4n) is 1.72. The molecule has 1 atom stereocenters. The van der Waals surface area contributed by atoms with E-state index in [-0.39, 0.29) is 24.8 Å². The Hall–Kier alpha value is -2.27. The number of hydrogen-bond acceptors (Lipinski definition) is 3. The minimum atomic E-state index is -4.67. The number of carbonyl (C=O) groups excluding carboxylic acids is 1. The summed E-state index contributed by atoms with van der Waals surface area (Å²) < 4.78 is 38.4. The zero-order valence-electron chi connectivity index (χ0n) is 11.9. The van der Waals surface area contributed by atoms with Crippen molar-refractivity contribution in [3.05, 3.63) is 29.3 Å². The number of aliphatic hydroxyl groups is 1. The second kappa shape index (κ2) is 7.66. The van der Waals surface area contributed by atoms with E-state index in [0.29, 0.717) is 6.42 Å².